The largest absolute Gasteiger partial charge is 0.506 e. The van der Waals surface area contributed by atoms with Gasteiger partial charge in [-0.25, -0.2) is 0 Å². The van der Waals surface area contributed by atoms with E-state index in [0.717, 1.165) is 24.1 Å². The Balaban J connectivity index is 1.84. The summed E-state index contributed by atoms with van der Waals surface area (Å²) in [7, 11) is 0. The van der Waals surface area contributed by atoms with E-state index in [1.807, 2.05) is 25.1 Å². The molecule has 2 aromatic rings. The highest BCUT2D eigenvalue weighted by atomic mass is 16.3. The molecule has 0 aliphatic heterocycles. The predicted octanol–water partition coefficient (Wildman–Crippen LogP) is 4.68. The van der Waals surface area contributed by atoms with Crippen molar-refractivity contribution in [3.05, 3.63) is 58.7 Å². The van der Waals surface area contributed by atoms with Gasteiger partial charge < -0.3 is 15.5 Å². The first-order valence-electron chi connectivity index (χ1n) is 8.24. The van der Waals surface area contributed by atoms with Crippen LogP contribution in [0.15, 0.2) is 36.4 Å². The van der Waals surface area contributed by atoms with Crippen LogP contribution in [-0.4, -0.2) is 10.2 Å². The molecule has 2 aliphatic rings. The molecule has 0 heterocycles. The number of aryl methyl sites for hydroxylation is 2. The quantitative estimate of drug-likeness (QED) is 0.557. The molecule has 23 heavy (non-hydrogen) atoms. The second kappa shape index (κ2) is 5.34. The third kappa shape index (κ3) is 2.37. The number of phenolic OH excluding ortho intramolecular Hbond substituents is 2. The maximum absolute atomic E-state index is 10.5. The average Bonchev–Trinajstić information content (AvgIpc) is 2.54. The summed E-state index contributed by atoms with van der Waals surface area (Å²) in [5.41, 5.74) is 6.27. The molecule has 0 unspecified atom stereocenters. The van der Waals surface area contributed by atoms with Gasteiger partial charge in [-0.3, -0.25) is 0 Å². The van der Waals surface area contributed by atoms with E-state index < -0.39 is 0 Å². The minimum absolute atomic E-state index is 0.197. The molecule has 3 heteroatoms. The Hall–Kier alpha value is -2.42. The van der Waals surface area contributed by atoms with E-state index in [-0.39, 0.29) is 11.5 Å². The molecule has 0 radical (unpaired) electrons. The molecule has 2 aromatic carbocycles. The van der Waals surface area contributed by atoms with E-state index in [9.17, 15) is 10.2 Å². The van der Waals surface area contributed by atoms with E-state index in [4.69, 9.17) is 0 Å². The van der Waals surface area contributed by atoms with Gasteiger partial charge in [0.15, 0.2) is 0 Å². The molecule has 2 aliphatic carbocycles. The van der Waals surface area contributed by atoms with Crippen LogP contribution >= 0.6 is 0 Å². The SMILES string of the molecule is Cc1ccc(O)c(Nc2c(O)cc3c4c2CC=C[C@H]4CCC3)c1. The predicted molar refractivity (Wildman–Crippen MR) is 92.8 cm³/mol. The average molecular weight is 307 g/mol. The minimum Gasteiger partial charge on any atom is -0.506 e. The van der Waals surface area contributed by atoms with Crippen molar-refractivity contribution in [3.8, 4) is 11.5 Å². The lowest BCUT2D eigenvalue weighted by Gasteiger charge is -2.31. The Kier molecular flexibility index (Phi) is 3.29. The Morgan fingerprint density at radius 2 is 2.00 bits per heavy atom. The molecule has 0 saturated heterocycles. The smallest absolute Gasteiger partial charge is 0.139 e. The Morgan fingerprint density at radius 1 is 1.13 bits per heavy atom. The highest BCUT2D eigenvalue weighted by Crippen LogP contribution is 2.46. The molecule has 1 atom stereocenters. The third-order valence-electron chi connectivity index (χ3n) is 4.97. The summed E-state index contributed by atoms with van der Waals surface area (Å²) in [6.07, 6.45) is 8.71. The maximum Gasteiger partial charge on any atom is 0.139 e. The first-order chi connectivity index (χ1) is 11.1. The summed E-state index contributed by atoms with van der Waals surface area (Å²) in [5, 5.41) is 23.9. The molecule has 3 nitrogen and oxygen atoms in total. The summed E-state index contributed by atoms with van der Waals surface area (Å²) in [4.78, 5) is 0. The molecule has 0 spiro atoms. The van der Waals surface area contributed by atoms with Gasteiger partial charge in [0.25, 0.3) is 0 Å². The second-order valence-electron chi connectivity index (χ2n) is 6.60. The monoisotopic (exact) mass is 307 g/mol. The second-order valence-corrected chi connectivity index (χ2v) is 6.60. The van der Waals surface area contributed by atoms with Crippen molar-refractivity contribution >= 4 is 11.4 Å². The molecular weight excluding hydrogens is 286 g/mol. The number of hydrogen-bond donors (Lipinski definition) is 3. The molecule has 4 rings (SSSR count). The molecule has 3 N–H and O–H groups in total. The lowest BCUT2D eigenvalue weighted by atomic mass is 9.76. The van der Waals surface area contributed by atoms with Gasteiger partial charge in [0.1, 0.15) is 11.5 Å². The van der Waals surface area contributed by atoms with Crippen molar-refractivity contribution in [2.75, 3.05) is 5.32 Å². The Labute approximate surface area is 136 Å². The van der Waals surface area contributed by atoms with Gasteiger partial charge in [-0.05, 0) is 73.1 Å². The van der Waals surface area contributed by atoms with E-state index in [2.05, 4.69) is 17.5 Å². The van der Waals surface area contributed by atoms with Crippen LogP contribution in [0.1, 0.15) is 41.0 Å². The fourth-order valence-electron chi connectivity index (χ4n) is 3.90. The van der Waals surface area contributed by atoms with Gasteiger partial charge >= 0.3 is 0 Å². The zero-order valence-corrected chi connectivity index (χ0v) is 13.3. The van der Waals surface area contributed by atoms with Crippen molar-refractivity contribution in [1.29, 1.82) is 0 Å². The number of nitrogens with one attached hydrogen (secondary N) is 1. The van der Waals surface area contributed by atoms with Crippen molar-refractivity contribution in [3.63, 3.8) is 0 Å². The number of aromatic hydroxyl groups is 2. The minimum atomic E-state index is 0.197. The van der Waals surface area contributed by atoms with Crippen LogP contribution in [0.2, 0.25) is 0 Å². The van der Waals surface area contributed by atoms with Crippen LogP contribution in [0.3, 0.4) is 0 Å². The van der Waals surface area contributed by atoms with E-state index in [0.29, 0.717) is 11.6 Å². The van der Waals surface area contributed by atoms with Crippen molar-refractivity contribution in [2.24, 2.45) is 0 Å². The number of anilines is 2. The highest BCUT2D eigenvalue weighted by molar-refractivity contribution is 5.76. The summed E-state index contributed by atoms with van der Waals surface area (Å²) in [6.45, 7) is 1.99. The van der Waals surface area contributed by atoms with Gasteiger partial charge in [-0.1, -0.05) is 18.2 Å². The molecule has 0 bridgehead atoms. The normalized spacial score (nSPS) is 18.6. The molecular formula is C20H21NO2. The van der Waals surface area contributed by atoms with Gasteiger partial charge in [0.05, 0.1) is 11.4 Å². The number of hydrogen-bond acceptors (Lipinski definition) is 3. The fraction of sp³-hybridized carbons (Fsp3) is 0.300. The molecule has 118 valence electrons. The molecule has 0 aromatic heterocycles. The third-order valence-corrected chi connectivity index (χ3v) is 4.97. The fourth-order valence-corrected chi connectivity index (χ4v) is 3.90. The molecule has 0 saturated carbocycles. The zero-order chi connectivity index (χ0) is 16.0. The highest BCUT2D eigenvalue weighted by Gasteiger charge is 2.27. The van der Waals surface area contributed by atoms with Crippen LogP contribution in [-0.2, 0) is 12.8 Å². The molecule has 0 amide bonds. The Morgan fingerprint density at radius 3 is 2.87 bits per heavy atom. The summed E-state index contributed by atoms with van der Waals surface area (Å²) in [5.74, 6) is 0.938. The summed E-state index contributed by atoms with van der Waals surface area (Å²) in [6, 6.07) is 7.35. The lowest BCUT2D eigenvalue weighted by Crippen LogP contribution is -2.15. The van der Waals surface area contributed by atoms with Crippen molar-refractivity contribution in [1.82, 2.24) is 0 Å². The van der Waals surface area contributed by atoms with Crippen LogP contribution in [0.4, 0.5) is 11.4 Å². The number of benzene rings is 2. The molecule has 0 fully saturated rings. The van der Waals surface area contributed by atoms with E-state index in [1.165, 1.54) is 29.5 Å². The zero-order valence-electron chi connectivity index (χ0n) is 13.3. The Bertz CT molecular complexity index is 808. The first kappa shape index (κ1) is 14.2. The van der Waals surface area contributed by atoms with Gasteiger partial charge in [-0.15, -0.1) is 0 Å². The summed E-state index contributed by atoms with van der Waals surface area (Å²) < 4.78 is 0. The van der Waals surface area contributed by atoms with Crippen LogP contribution in [0.25, 0.3) is 0 Å². The first-order valence-corrected chi connectivity index (χ1v) is 8.24. The topological polar surface area (TPSA) is 52.5 Å². The van der Waals surface area contributed by atoms with Crippen molar-refractivity contribution < 1.29 is 10.2 Å². The van der Waals surface area contributed by atoms with Crippen LogP contribution in [0.5, 0.6) is 11.5 Å². The van der Waals surface area contributed by atoms with Crippen molar-refractivity contribution in [2.45, 2.75) is 38.5 Å². The number of phenols is 2. The van der Waals surface area contributed by atoms with E-state index >= 15 is 0 Å². The number of allylic oxidation sites excluding steroid dienone is 2. The maximum atomic E-state index is 10.5. The van der Waals surface area contributed by atoms with Gasteiger partial charge in [0.2, 0.25) is 0 Å². The summed E-state index contributed by atoms with van der Waals surface area (Å²) >= 11 is 0. The number of rotatable bonds is 2. The standard InChI is InChI=1S/C20H21NO2/c1-12-8-9-17(22)16(10-12)21-20-15-7-3-5-13-4-2-6-14(19(13)15)11-18(20)23/h3,5,8-11,13,21-23H,2,4,6-7H2,1H3/t13-/m1/s1. The van der Waals surface area contributed by atoms with Crippen LogP contribution in [0, 0.1) is 6.92 Å². The lowest BCUT2D eigenvalue weighted by molar-refractivity contribution is 0.472. The van der Waals surface area contributed by atoms with Gasteiger partial charge in [-0.2, -0.15) is 0 Å². The van der Waals surface area contributed by atoms with E-state index in [1.54, 1.807) is 6.07 Å². The van der Waals surface area contributed by atoms with Gasteiger partial charge in [0, 0.05) is 5.92 Å². The van der Waals surface area contributed by atoms with Crippen LogP contribution < -0.4 is 5.32 Å².